The Balaban J connectivity index is 1.58. The Labute approximate surface area is 155 Å². The van der Waals surface area contributed by atoms with Crippen LogP contribution in [0.1, 0.15) is 10.5 Å². The van der Waals surface area contributed by atoms with Gasteiger partial charge in [-0.15, -0.1) is 0 Å². The van der Waals surface area contributed by atoms with Crippen LogP contribution in [0.25, 0.3) is 16.8 Å². The molecule has 0 spiro atoms. The highest BCUT2D eigenvalue weighted by Crippen LogP contribution is 2.27. The van der Waals surface area contributed by atoms with Crippen LogP contribution in [0.4, 0.5) is 10.1 Å². The van der Waals surface area contributed by atoms with E-state index in [1.807, 2.05) is 54.6 Å². The second-order valence-electron chi connectivity index (χ2n) is 5.99. The lowest BCUT2D eigenvalue weighted by Crippen LogP contribution is -2.13. The predicted octanol–water partition coefficient (Wildman–Crippen LogP) is 4.93. The van der Waals surface area contributed by atoms with E-state index in [1.165, 1.54) is 16.8 Å². The standard InChI is InChI=1S/C22H16FN3O/c23-17-10-12-18(13-11-17)26-15-14-21(25-26)22(27)24-20-9-5-4-8-19(20)16-6-2-1-3-7-16/h1-15H,(H,24,27). The van der Waals surface area contributed by atoms with Gasteiger partial charge in [-0.3, -0.25) is 4.79 Å². The molecule has 0 aliphatic carbocycles. The van der Waals surface area contributed by atoms with E-state index in [0.717, 1.165) is 11.1 Å². The number of para-hydroxylation sites is 1. The molecule has 0 unspecified atom stereocenters. The van der Waals surface area contributed by atoms with E-state index >= 15 is 0 Å². The average molecular weight is 357 g/mol. The van der Waals surface area contributed by atoms with Gasteiger partial charge in [-0.05, 0) is 42.0 Å². The average Bonchev–Trinajstić information content (AvgIpc) is 3.20. The maximum Gasteiger partial charge on any atom is 0.276 e. The van der Waals surface area contributed by atoms with Gasteiger partial charge >= 0.3 is 0 Å². The first-order valence-electron chi connectivity index (χ1n) is 8.48. The molecule has 132 valence electrons. The molecular weight excluding hydrogens is 341 g/mol. The van der Waals surface area contributed by atoms with Gasteiger partial charge in [0.1, 0.15) is 5.82 Å². The summed E-state index contributed by atoms with van der Waals surface area (Å²) in [6, 6.07) is 25.0. The summed E-state index contributed by atoms with van der Waals surface area (Å²) in [5.41, 5.74) is 3.63. The Kier molecular flexibility index (Phi) is 4.49. The lowest BCUT2D eigenvalue weighted by molar-refractivity contribution is 0.102. The Morgan fingerprint density at radius 1 is 0.852 bits per heavy atom. The quantitative estimate of drug-likeness (QED) is 0.563. The molecule has 0 aliphatic heterocycles. The van der Waals surface area contributed by atoms with E-state index in [2.05, 4.69) is 10.4 Å². The number of carbonyl (C=O) groups is 1. The fourth-order valence-electron chi connectivity index (χ4n) is 2.83. The molecule has 4 aromatic rings. The second kappa shape index (κ2) is 7.25. The van der Waals surface area contributed by atoms with Crippen LogP contribution < -0.4 is 5.32 Å². The molecule has 4 rings (SSSR count). The molecule has 5 heteroatoms. The lowest BCUT2D eigenvalue weighted by atomic mass is 10.0. The van der Waals surface area contributed by atoms with Crippen LogP contribution in [0.2, 0.25) is 0 Å². The zero-order valence-electron chi connectivity index (χ0n) is 14.3. The van der Waals surface area contributed by atoms with Crippen molar-refractivity contribution in [1.82, 2.24) is 9.78 Å². The van der Waals surface area contributed by atoms with Crippen molar-refractivity contribution in [1.29, 1.82) is 0 Å². The largest absolute Gasteiger partial charge is 0.320 e. The summed E-state index contributed by atoms with van der Waals surface area (Å²) in [4.78, 5) is 12.6. The van der Waals surface area contributed by atoms with Crippen LogP contribution in [0.5, 0.6) is 0 Å². The van der Waals surface area contributed by atoms with Crippen molar-refractivity contribution in [3.05, 3.63) is 103 Å². The molecule has 0 radical (unpaired) electrons. The summed E-state index contributed by atoms with van der Waals surface area (Å²) in [6.07, 6.45) is 1.67. The first kappa shape index (κ1) is 16.7. The fourth-order valence-corrected chi connectivity index (χ4v) is 2.83. The predicted molar refractivity (Wildman–Crippen MR) is 103 cm³/mol. The summed E-state index contributed by atoms with van der Waals surface area (Å²) < 4.78 is 14.6. The third-order valence-corrected chi connectivity index (χ3v) is 4.17. The van der Waals surface area contributed by atoms with Crippen molar-refractivity contribution in [3.8, 4) is 16.8 Å². The smallest absolute Gasteiger partial charge is 0.276 e. The number of benzene rings is 3. The number of amides is 1. The van der Waals surface area contributed by atoms with E-state index in [4.69, 9.17) is 0 Å². The Morgan fingerprint density at radius 3 is 2.33 bits per heavy atom. The molecule has 27 heavy (non-hydrogen) atoms. The van der Waals surface area contributed by atoms with Crippen molar-refractivity contribution in [2.24, 2.45) is 0 Å². The second-order valence-corrected chi connectivity index (χ2v) is 5.99. The summed E-state index contributed by atoms with van der Waals surface area (Å²) in [5, 5.41) is 7.22. The van der Waals surface area contributed by atoms with E-state index in [9.17, 15) is 9.18 Å². The topological polar surface area (TPSA) is 46.9 Å². The van der Waals surface area contributed by atoms with Gasteiger partial charge in [0.2, 0.25) is 0 Å². The normalized spacial score (nSPS) is 10.6. The molecular formula is C22H16FN3O. The van der Waals surface area contributed by atoms with Crippen molar-refractivity contribution in [2.75, 3.05) is 5.32 Å². The van der Waals surface area contributed by atoms with Crippen molar-refractivity contribution in [2.45, 2.75) is 0 Å². The van der Waals surface area contributed by atoms with Gasteiger partial charge in [0.15, 0.2) is 5.69 Å². The number of hydrogen-bond acceptors (Lipinski definition) is 2. The van der Waals surface area contributed by atoms with Gasteiger partial charge in [-0.1, -0.05) is 48.5 Å². The molecule has 1 N–H and O–H groups in total. The number of halogens is 1. The highest BCUT2D eigenvalue weighted by molar-refractivity contribution is 6.05. The first-order chi connectivity index (χ1) is 13.2. The van der Waals surface area contributed by atoms with Gasteiger partial charge in [-0.25, -0.2) is 9.07 Å². The molecule has 0 aliphatic rings. The van der Waals surface area contributed by atoms with Crippen LogP contribution in [0.3, 0.4) is 0 Å². The lowest BCUT2D eigenvalue weighted by Gasteiger charge is -2.10. The number of nitrogens with one attached hydrogen (secondary N) is 1. The van der Waals surface area contributed by atoms with E-state index in [1.54, 1.807) is 24.4 Å². The molecule has 3 aromatic carbocycles. The third kappa shape index (κ3) is 3.62. The zero-order valence-corrected chi connectivity index (χ0v) is 14.3. The van der Waals surface area contributed by atoms with E-state index < -0.39 is 0 Å². The molecule has 1 aromatic heterocycles. The molecule has 1 amide bonds. The van der Waals surface area contributed by atoms with Gasteiger partial charge in [-0.2, -0.15) is 5.10 Å². The molecule has 1 heterocycles. The van der Waals surface area contributed by atoms with Crippen LogP contribution in [-0.4, -0.2) is 15.7 Å². The van der Waals surface area contributed by atoms with E-state index in [0.29, 0.717) is 11.4 Å². The number of aromatic nitrogens is 2. The van der Waals surface area contributed by atoms with E-state index in [-0.39, 0.29) is 17.4 Å². The minimum atomic E-state index is -0.318. The molecule has 0 saturated carbocycles. The molecule has 0 saturated heterocycles. The minimum absolute atomic E-state index is 0.280. The summed E-state index contributed by atoms with van der Waals surface area (Å²) in [5.74, 6) is -0.624. The van der Waals surface area contributed by atoms with Gasteiger partial charge in [0, 0.05) is 17.4 Å². The van der Waals surface area contributed by atoms with Gasteiger partial charge in [0.05, 0.1) is 5.69 Å². The van der Waals surface area contributed by atoms with Crippen molar-refractivity contribution >= 4 is 11.6 Å². The molecule has 4 nitrogen and oxygen atoms in total. The number of anilines is 1. The first-order valence-corrected chi connectivity index (χ1v) is 8.48. The Bertz CT molecular complexity index is 1070. The summed E-state index contributed by atoms with van der Waals surface area (Å²) >= 11 is 0. The molecule has 0 fully saturated rings. The number of hydrogen-bond donors (Lipinski definition) is 1. The number of nitrogens with zero attached hydrogens (tertiary/aromatic N) is 2. The molecule has 0 atom stereocenters. The summed E-state index contributed by atoms with van der Waals surface area (Å²) in [6.45, 7) is 0. The monoisotopic (exact) mass is 357 g/mol. The van der Waals surface area contributed by atoms with Crippen molar-refractivity contribution < 1.29 is 9.18 Å². The molecule has 0 bridgehead atoms. The highest BCUT2D eigenvalue weighted by atomic mass is 19.1. The number of rotatable bonds is 4. The van der Waals surface area contributed by atoms with Crippen molar-refractivity contribution in [3.63, 3.8) is 0 Å². The highest BCUT2D eigenvalue weighted by Gasteiger charge is 2.13. The third-order valence-electron chi connectivity index (χ3n) is 4.17. The minimum Gasteiger partial charge on any atom is -0.320 e. The van der Waals surface area contributed by atoms with Crippen LogP contribution in [0.15, 0.2) is 91.1 Å². The number of carbonyl (C=O) groups excluding carboxylic acids is 1. The fraction of sp³-hybridized carbons (Fsp3) is 0. The zero-order chi connectivity index (χ0) is 18.6. The Hall–Kier alpha value is -3.73. The van der Waals surface area contributed by atoms with Gasteiger partial charge in [0.25, 0.3) is 5.91 Å². The van der Waals surface area contributed by atoms with Gasteiger partial charge < -0.3 is 5.32 Å². The van der Waals surface area contributed by atoms with Crippen LogP contribution >= 0.6 is 0 Å². The maximum atomic E-state index is 13.1. The maximum absolute atomic E-state index is 13.1. The summed E-state index contributed by atoms with van der Waals surface area (Å²) in [7, 11) is 0. The Morgan fingerprint density at radius 2 is 1.56 bits per heavy atom. The SMILES string of the molecule is O=C(Nc1ccccc1-c1ccccc1)c1ccn(-c2ccc(F)cc2)n1. The van der Waals surface area contributed by atoms with Crippen LogP contribution in [-0.2, 0) is 0 Å². The van der Waals surface area contributed by atoms with Crippen LogP contribution in [0, 0.1) is 5.82 Å².